The summed E-state index contributed by atoms with van der Waals surface area (Å²) in [6.07, 6.45) is 1.70. The Morgan fingerprint density at radius 1 is 1.18 bits per heavy atom. The molecule has 6 heteroatoms. The minimum atomic E-state index is 0.430. The van der Waals surface area contributed by atoms with E-state index in [0.717, 1.165) is 37.8 Å². The summed E-state index contributed by atoms with van der Waals surface area (Å²) in [5.41, 5.74) is 2.27. The lowest BCUT2D eigenvalue weighted by Crippen LogP contribution is -2.37. The van der Waals surface area contributed by atoms with Crippen molar-refractivity contribution in [3.63, 3.8) is 0 Å². The Labute approximate surface area is 130 Å². The van der Waals surface area contributed by atoms with Crippen molar-refractivity contribution in [2.75, 3.05) is 36.5 Å². The summed E-state index contributed by atoms with van der Waals surface area (Å²) in [6.45, 7) is 7.46. The Morgan fingerprint density at radius 2 is 1.95 bits per heavy atom. The van der Waals surface area contributed by atoms with Crippen LogP contribution >= 0.6 is 0 Å². The van der Waals surface area contributed by atoms with Crippen molar-refractivity contribution in [1.82, 2.24) is 15.2 Å². The second-order valence-corrected chi connectivity index (χ2v) is 5.60. The lowest BCUT2D eigenvalue weighted by Gasteiger charge is -2.27. The number of rotatable bonds is 4. The molecule has 0 unspecified atom stereocenters. The molecule has 1 aromatic carbocycles. The monoisotopic (exact) mass is 299 g/mol. The number of para-hydroxylation sites is 1. The highest BCUT2D eigenvalue weighted by molar-refractivity contribution is 5.60. The van der Waals surface area contributed by atoms with Gasteiger partial charge in [-0.25, -0.2) is 0 Å². The number of aromatic nitrogens is 3. The summed E-state index contributed by atoms with van der Waals surface area (Å²) in [5, 5.41) is 11.5. The van der Waals surface area contributed by atoms with Crippen molar-refractivity contribution < 1.29 is 4.74 Å². The Morgan fingerprint density at radius 3 is 2.73 bits per heavy atom. The van der Waals surface area contributed by atoms with Crippen molar-refractivity contribution in [2.45, 2.75) is 19.8 Å². The van der Waals surface area contributed by atoms with E-state index in [4.69, 9.17) is 4.74 Å². The Kier molecular flexibility index (Phi) is 4.48. The van der Waals surface area contributed by atoms with Crippen molar-refractivity contribution >= 4 is 17.5 Å². The predicted molar refractivity (Wildman–Crippen MR) is 86.7 cm³/mol. The molecule has 6 nitrogen and oxygen atoms in total. The fourth-order valence-corrected chi connectivity index (χ4v) is 2.53. The molecule has 0 bridgehead atoms. The Bertz CT molecular complexity index is 625. The maximum absolute atomic E-state index is 5.37. The van der Waals surface area contributed by atoms with Crippen LogP contribution in [0.15, 0.2) is 30.5 Å². The minimum absolute atomic E-state index is 0.430. The third kappa shape index (κ3) is 3.33. The molecule has 1 aliphatic rings. The van der Waals surface area contributed by atoms with Crippen molar-refractivity contribution in [2.24, 2.45) is 0 Å². The Balaban J connectivity index is 1.81. The molecule has 0 atom stereocenters. The topological polar surface area (TPSA) is 63.2 Å². The van der Waals surface area contributed by atoms with Gasteiger partial charge in [-0.3, -0.25) is 0 Å². The molecule has 1 saturated heterocycles. The van der Waals surface area contributed by atoms with Gasteiger partial charge in [0.25, 0.3) is 0 Å². The summed E-state index contributed by atoms with van der Waals surface area (Å²) < 4.78 is 5.37. The molecule has 0 saturated carbocycles. The lowest BCUT2D eigenvalue weighted by atomic mass is 10.0. The molecule has 116 valence electrons. The first-order valence-corrected chi connectivity index (χ1v) is 7.62. The van der Waals surface area contributed by atoms with Crippen LogP contribution in [0.3, 0.4) is 0 Å². The number of benzene rings is 1. The van der Waals surface area contributed by atoms with Gasteiger partial charge < -0.3 is 15.0 Å². The van der Waals surface area contributed by atoms with Gasteiger partial charge >= 0.3 is 0 Å². The summed E-state index contributed by atoms with van der Waals surface area (Å²) >= 11 is 0. The zero-order valence-corrected chi connectivity index (χ0v) is 13.0. The van der Waals surface area contributed by atoms with Crippen molar-refractivity contribution in [1.29, 1.82) is 0 Å². The molecule has 1 N–H and O–H groups in total. The molecule has 1 aromatic heterocycles. The minimum Gasteiger partial charge on any atom is -0.378 e. The van der Waals surface area contributed by atoms with Crippen LogP contribution in [0.25, 0.3) is 0 Å². The van der Waals surface area contributed by atoms with E-state index < -0.39 is 0 Å². The van der Waals surface area contributed by atoms with E-state index in [1.54, 1.807) is 6.20 Å². The zero-order valence-electron chi connectivity index (χ0n) is 13.0. The summed E-state index contributed by atoms with van der Waals surface area (Å²) in [6, 6.07) is 8.21. The third-order valence-corrected chi connectivity index (χ3v) is 3.71. The van der Waals surface area contributed by atoms with Crippen LogP contribution in [0.4, 0.5) is 17.5 Å². The van der Waals surface area contributed by atoms with E-state index in [9.17, 15) is 0 Å². The molecule has 22 heavy (non-hydrogen) atoms. The molecule has 0 amide bonds. The van der Waals surface area contributed by atoms with Gasteiger partial charge in [-0.2, -0.15) is 10.1 Å². The van der Waals surface area contributed by atoms with Gasteiger partial charge in [0.05, 0.1) is 19.4 Å². The standard InChI is InChI=1S/C16H21N5O/c1-12(2)13-5-3-4-6-14(13)18-16-19-15(11-17-20-16)21-7-9-22-10-8-21/h3-6,11-12H,7-10H2,1-2H3,(H,18,19,20). The number of nitrogens with one attached hydrogen (secondary N) is 1. The van der Waals surface area contributed by atoms with E-state index in [1.165, 1.54) is 5.56 Å². The van der Waals surface area contributed by atoms with Crippen LogP contribution in [0.5, 0.6) is 0 Å². The summed E-state index contributed by atoms with van der Waals surface area (Å²) in [7, 11) is 0. The molecular formula is C16H21N5O. The first-order chi connectivity index (χ1) is 10.7. The smallest absolute Gasteiger partial charge is 0.249 e. The first-order valence-electron chi connectivity index (χ1n) is 7.62. The normalized spacial score (nSPS) is 15.1. The van der Waals surface area contributed by atoms with Gasteiger partial charge in [-0.05, 0) is 17.5 Å². The first kappa shape index (κ1) is 14.7. The lowest BCUT2D eigenvalue weighted by molar-refractivity contribution is 0.122. The average Bonchev–Trinajstić information content (AvgIpc) is 2.56. The Hall–Kier alpha value is -2.21. The van der Waals surface area contributed by atoms with Crippen LogP contribution in [-0.2, 0) is 4.74 Å². The van der Waals surface area contributed by atoms with Gasteiger partial charge in [0.1, 0.15) is 0 Å². The number of ether oxygens (including phenoxy) is 1. The SMILES string of the molecule is CC(C)c1ccccc1Nc1nncc(N2CCOCC2)n1. The molecule has 1 fully saturated rings. The van der Waals surface area contributed by atoms with Crippen LogP contribution in [0.1, 0.15) is 25.3 Å². The zero-order chi connectivity index (χ0) is 15.4. The predicted octanol–water partition coefficient (Wildman–Crippen LogP) is 2.58. The molecular weight excluding hydrogens is 278 g/mol. The van der Waals surface area contributed by atoms with E-state index in [1.807, 2.05) is 18.2 Å². The highest BCUT2D eigenvalue weighted by atomic mass is 16.5. The molecule has 0 radical (unpaired) electrons. The molecule has 1 aliphatic heterocycles. The van der Waals surface area contributed by atoms with E-state index >= 15 is 0 Å². The molecule has 0 spiro atoms. The second kappa shape index (κ2) is 6.70. The molecule has 3 rings (SSSR count). The van der Waals surface area contributed by atoms with Gasteiger partial charge in [-0.15, -0.1) is 5.10 Å². The average molecular weight is 299 g/mol. The summed E-state index contributed by atoms with van der Waals surface area (Å²) in [5.74, 6) is 1.79. The fourth-order valence-electron chi connectivity index (χ4n) is 2.53. The fraction of sp³-hybridized carbons (Fsp3) is 0.438. The number of hydrogen-bond acceptors (Lipinski definition) is 6. The number of hydrogen-bond donors (Lipinski definition) is 1. The summed E-state index contributed by atoms with van der Waals surface area (Å²) in [4.78, 5) is 6.74. The third-order valence-electron chi connectivity index (χ3n) is 3.71. The maximum Gasteiger partial charge on any atom is 0.249 e. The highest BCUT2D eigenvalue weighted by Gasteiger charge is 2.14. The van der Waals surface area contributed by atoms with Crippen molar-refractivity contribution in [3.05, 3.63) is 36.0 Å². The second-order valence-electron chi connectivity index (χ2n) is 5.60. The molecule has 0 aliphatic carbocycles. The van der Waals surface area contributed by atoms with Gasteiger partial charge in [0.2, 0.25) is 5.95 Å². The van der Waals surface area contributed by atoms with Gasteiger partial charge in [0, 0.05) is 18.8 Å². The molecule has 2 heterocycles. The van der Waals surface area contributed by atoms with E-state index in [2.05, 4.69) is 45.3 Å². The number of morpholine rings is 1. The quantitative estimate of drug-likeness (QED) is 0.936. The number of nitrogens with zero attached hydrogens (tertiary/aromatic N) is 4. The highest BCUT2D eigenvalue weighted by Crippen LogP contribution is 2.26. The van der Waals surface area contributed by atoms with Gasteiger partial charge in [-0.1, -0.05) is 32.0 Å². The van der Waals surface area contributed by atoms with E-state index in [-0.39, 0.29) is 0 Å². The van der Waals surface area contributed by atoms with Crippen LogP contribution in [0.2, 0.25) is 0 Å². The van der Waals surface area contributed by atoms with E-state index in [0.29, 0.717) is 11.9 Å². The largest absolute Gasteiger partial charge is 0.378 e. The van der Waals surface area contributed by atoms with Crippen LogP contribution in [0, 0.1) is 0 Å². The van der Waals surface area contributed by atoms with Crippen molar-refractivity contribution in [3.8, 4) is 0 Å². The van der Waals surface area contributed by atoms with Crippen LogP contribution in [-0.4, -0.2) is 41.5 Å². The number of anilines is 3. The van der Waals surface area contributed by atoms with Gasteiger partial charge in [0.15, 0.2) is 5.82 Å². The van der Waals surface area contributed by atoms with Crippen LogP contribution < -0.4 is 10.2 Å². The molecule has 2 aromatic rings. The maximum atomic E-state index is 5.37.